The van der Waals surface area contributed by atoms with E-state index >= 15 is 0 Å². The van der Waals surface area contributed by atoms with Gasteiger partial charge in [-0.1, -0.05) is 48.3 Å². The highest BCUT2D eigenvalue weighted by Crippen LogP contribution is 2.27. The van der Waals surface area contributed by atoms with Gasteiger partial charge in [-0.2, -0.15) is 0 Å². The van der Waals surface area contributed by atoms with Gasteiger partial charge in [-0.3, -0.25) is 4.79 Å². The molecule has 5 heteroatoms. The Labute approximate surface area is 142 Å². The third-order valence-corrected chi connectivity index (χ3v) is 4.69. The van der Waals surface area contributed by atoms with Crippen LogP contribution >= 0.6 is 39.1 Å². The molecular weight excluding hydrogens is 373 g/mol. The summed E-state index contributed by atoms with van der Waals surface area (Å²) in [5.74, 6) is -0.201. The predicted molar refractivity (Wildman–Crippen MR) is 91.1 cm³/mol. The molecule has 2 rings (SSSR count). The van der Waals surface area contributed by atoms with Crippen LogP contribution in [0.25, 0.3) is 0 Å². The van der Waals surface area contributed by atoms with Crippen LogP contribution < -0.4 is 5.32 Å². The van der Waals surface area contributed by atoms with Gasteiger partial charge in [-0.15, -0.1) is 0 Å². The Kier molecular flexibility index (Phi) is 5.68. The van der Waals surface area contributed by atoms with Crippen molar-refractivity contribution < 1.29 is 4.79 Å². The van der Waals surface area contributed by atoms with Crippen LogP contribution in [0, 0.1) is 0 Å². The summed E-state index contributed by atoms with van der Waals surface area (Å²) in [6.45, 7) is 2.01. The lowest BCUT2D eigenvalue weighted by atomic mass is 10.0. The summed E-state index contributed by atoms with van der Waals surface area (Å²) >= 11 is 15.5. The maximum absolute atomic E-state index is 12.4. The van der Waals surface area contributed by atoms with E-state index in [2.05, 4.69) is 21.2 Å². The van der Waals surface area contributed by atoms with Crippen LogP contribution in [0.5, 0.6) is 0 Å². The van der Waals surface area contributed by atoms with E-state index in [9.17, 15) is 4.79 Å². The quantitative estimate of drug-likeness (QED) is 0.723. The fourth-order valence-electron chi connectivity index (χ4n) is 2.06. The van der Waals surface area contributed by atoms with Gasteiger partial charge in [0.15, 0.2) is 0 Å². The number of nitrogens with one attached hydrogen (secondary N) is 1. The van der Waals surface area contributed by atoms with Crippen LogP contribution in [0.15, 0.2) is 46.9 Å². The molecule has 1 N–H and O–H groups in total. The molecule has 0 aliphatic rings. The van der Waals surface area contributed by atoms with Crippen LogP contribution in [0.2, 0.25) is 10.0 Å². The van der Waals surface area contributed by atoms with E-state index in [4.69, 9.17) is 23.2 Å². The van der Waals surface area contributed by atoms with Crippen LogP contribution in [-0.2, 0) is 0 Å². The van der Waals surface area contributed by atoms with Crippen LogP contribution in [-0.4, -0.2) is 5.91 Å². The second-order valence-corrected chi connectivity index (χ2v) is 6.26. The SMILES string of the molecule is CCC(NC(=O)c1cccc(Br)c1Cl)c1cccc(Cl)c1. The zero-order valence-electron chi connectivity index (χ0n) is 11.4. The van der Waals surface area contributed by atoms with Crippen molar-refractivity contribution in [2.24, 2.45) is 0 Å². The van der Waals surface area contributed by atoms with E-state index < -0.39 is 0 Å². The van der Waals surface area contributed by atoms with Crippen molar-refractivity contribution in [1.29, 1.82) is 0 Å². The topological polar surface area (TPSA) is 29.1 Å². The molecule has 1 atom stereocenters. The number of amides is 1. The molecule has 0 heterocycles. The third kappa shape index (κ3) is 4.00. The summed E-state index contributed by atoms with van der Waals surface area (Å²) in [5, 5.41) is 4.06. The van der Waals surface area contributed by atoms with Crippen molar-refractivity contribution in [1.82, 2.24) is 5.32 Å². The highest BCUT2D eigenvalue weighted by Gasteiger charge is 2.17. The monoisotopic (exact) mass is 385 g/mol. The Morgan fingerprint density at radius 2 is 1.95 bits per heavy atom. The summed E-state index contributed by atoms with van der Waals surface area (Å²) in [7, 11) is 0. The molecule has 1 amide bonds. The van der Waals surface area contributed by atoms with Crippen molar-refractivity contribution in [3.8, 4) is 0 Å². The number of halogens is 3. The number of carbonyl (C=O) groups excluding carboxylic acids is 1. The van der Waals surface area contributed by atoms with Crippen molar-refractivity contribution in [2.45, 2.75) is 19.4 Å². The molecule has 0 radical (unpaired) electrons. The van der Waals surface area contributed by atoms with Crippen LogP contribution in [0.1, 0.15) is 35.3 Å². The fourth-order valence-corrected chi connectivity index (χ4v) is 2.84. The Morgan fingerprint density at radius 3 is 2.62 bits per heavy atom. The fraction of sp³-hybridized carbons (Fsp3) is 0.188. The minimum Gasteiger partial charge on any atom is -0.345 e. The van der Waals surface area contributed by atoms with Gasteiger partial charge in [0.1, 0.15) is 0 Å². The van der Waals surface area contributed by atoms with Gasteiger partial charge in [-0.05, 0) is 52.2 Å². The first kappa shape index (κ1) is 16.3. The Balaban J connectivity index is 2.22. The summed E-state index contributed by atoms with van der Waals surface area (Å²) in [5.41, 5.74) is 1.43. The smallest absolute Gasteiger partial charge is 0.253 e. The van der Waals surface area contributed by atoms with Crippen molar-refractivity contribution >= 4 is 45.0 Å². The van der Waals surface area contributed by atoms with Crippen LogP contribution in [0.4, 0.5) is 0 Å². The molecule has 0 aliphatic heterocycles. The van der Waals surface area contributed by atoms with E-state index in [-0.39, 0.29) is 11.9 Å². The minimum absolute atomic E-state index is 0.105. The summed E-state index contributed by atoms with van der Waals surface area (Å²) in [6.07, 6.45) is 0.762. The summed E-state index contributed by atoms with van der Waals surface area (Å²) < 4.78 is 0.702. The highest BCUT2D eigenvalue weighted by molar-refractivity contribution is 9.10. The molecule has 110 valence electrons. The molecule has 0 spiro atoms. The zero-order chi connectivity index (χ0) is 15.4. The normalized spacial score (nSPS) is 12.0. The number of benzene rings is 2. The molecule has 0 aliphatic carbocycles. The van der Waals surface area contributed by atoms with Gasteiger partial charge in [0.05, 0.1) is 16.6 Å². The molecular formula is C16H14BrCl2NO. The molecule has 0 fully saturated rings. The molecule has 0 saturated carbocycles. The second kappa shape index (κ2) is 7.30. The van der Waals surface area contributed by atoms with Crippen molar-refractivity contribution in [3.05, 3.63) is 68.1 Å². The lowest BCUT2D eigenvalue weighted by Gasteiger charge is -2.18. The van der Waals surface area contributed by atoms with E-state index in [1.165, 1.54) is 0 Å². The van der Waals surface area contributed by atoms with Gasteiger partial charge in [-0.25, -0.2) is 0 Å². The maximum Gasteiger partial charge on any atom is 0.253 e. The third-order valence-electron chi connectivity index (χ3n) is 3.16. The average molecular weight is 387 g/mol. The minimum atomic E-state index is -0.201. The summed E-state index contributed by atoms with van der Waals surface area (Å²) in [4.78, 5) is 12.4. The number of hydrogen-bond donors (Lipinski definition) is 1. The zero-order valence-corrected chi connectivity index (χ0v) is 14.5. The van der Waals surface area contributed by atoms with Gasteiger partial charge in [0.25, 0.3) is 5.91 Å². The molecule has 2 aromatic rings. The molecule has 0 saturated heterocycles. The lowest BCUT2D eigenvalue weighted by molar-refractivity contribution is 0.0935. The van der Waals surface area contributed by atoms with Crippen molar-refractivity contribution in [3.63, 3.8) is 0 Å². The molecule has 2 nitrogen and oxygen atoms in total. The Morgan fingerprint density at radius 1 is 1.24 bits per heavy atom. The molecule has 2 aromatic carbocycles. The predicted octanol–water partition coefficient (Wildman–Crippen LogP) is 5.64. The first-order valence-electron chi connectivity index (χ1n) is 6.53. The van der Waals surface area contributed by atoms with Crippen molar-refractivity contribution in [2.75, 3.05) is 0 Å². The largest absolute Gasteiger partial charge is 0.345 e. The molecule has 21 heavy (non-hydrogen) atoms. The van der Waals surface area contributed by atoms with Gasteiger partial charge in [0.2, 0.25) is 0 Å². The lowest BCUT2D eigenvalue weighted by Crippen LogP contribution is -2.28. The first-order valence-corrected chi connectivity index (χ1v) is 8.08. The number of hydrogen-bond acceptors (Lipinski definition) is 1. The van der Waals surface area contributed by atoms with E-state index in [1.54, 1.807) is 18.2 Å². The van der Waals surface area contributed by atoms with E-state index in [0.717, 1.165) is 12.0 Å². The highest BCUT2D eigenvalue weighted by atomic mass is 79.9. The molecule has 0 aromatic heterocycles. The second-order valence-electron chi connectivity index (χ2n) is 4.59. The molecule has 0 bridgehead atoms. The number of carbonyl (C=O) groups is 1. The number of rotatable bonds is 4. The Hall–Kier alpha value is -1.03. The van der Waals surface area contributed by atoms with Crippen LogP contribution in [0.3, 0.4) is 0 Å². The molecule has 1 unspecified atom stereocenters. The van der Waals surface area contributed by atoms with Gasteiger partial charge >= 0.3 is 0 Å². The standard InChI is InChI=1S/C16H14BrCl2NO/c1-2-14(10-5-3-6-11(18)9-10)20-16(21)12-7-4-8-13(17)15(12)19/h3-9,14H,2H2,1H3,(H,20,21). The van der Waals surface area contributed by atoms with Gasteiger partial charge in [0, 0.05) is 9.50 Å². The Bertz CT molecular complexity index is 660. The first-order chi connectivity index (χ1) is 10.0. The maximum atomic E-state index is 12.4. The summed E-state index contributed by atoms with van der Waals surface area (Å²) in [6, 6.07) is 12.7. The van der Waals surface area contributed by atoms with E-state index in [1.807, 2.05) is 31.2 Å². The van der Waals surface area contributed by atoms with Gasteiger partial charge < -0.3 is 5.32 Å². The van der Waals surface area contributed by atoms with E-state index in [0.29, 0.717) is 20.1 Å². The average Bonchev–Trinajstić information content (AvgIpc) is 2.47.